The van der Waals surface area contributed by atoms with Crippen LogP contribution in [0.1, 0.15) is 30.5 Å². The van der Waals surface area contributed by atoms with Crippen LogP contribution in [0, 0.1) is 0 Å². The average Bonchev–Trinajstić information content (AvgIpc) is 3.01. The molecule has 0 saturated heterocycles. The fourth-order valence-corrected chi connectivity index (χ4v) is 3.29. The second kappa shape index (κ2) is 5.65. The number of aliphatic imine (C=N–C) groups is 1. The second-order valence-electron chi connectivity index (χ2n) is 6.73. The Balaban J connectivity index is 1.89. The van der Waals surface area contributed by atoms with Gasteiger partial charge in [0.05, 0.1) is 23.0 Å². The van der Waals surface area contributed by atoms with E-state index in [1.165, 1.54) is 0 Å². The Bertz CT molecular complexity index is 976. The van der Waals surface area contributed by atoms with Crippen molar-refractivity contribution in [1.29, 1.82) is 0 Å². The van der Waals surface area contributed by atoms with Crippen LogP contribution in [0.5, 0.6) is 5.75 Å². The molecule has 1 aliphatic heterocycles. The zero-order valence-corrected chi connectivity index (χ0v) is 13.9. The Hall–Kier alpha value is -2.76. The lowest BCUT2D eigenvalue weighted by Gasteiger charge is -2.30. The maximum Gasteiger partial charge on any atom is 0.387 e. The molecule has 0 saturated carbocycles. The molecule has 1 aromatic carbocycles. The Kier molecular flexibility index (Phi) is 3.56. The number of hydrogen-bond donors (Lipinski definition) is 0. The first-order valence-electron chi connectivity index (χ1n) is 8.04. The molecular formula is C19H17F2N3O. The number of aromatic nitrogens is 2. The summed E-state index contributed by atoms with van der Waals surface area (Å²) in [7, 11) is 0. The van der Waals surface area contributed by atoms with E-state index < -0.39 is 12.2 Å². The van der Waals surface area contributed by atoms with Crippen molar-refractivity contribution in [2.45, 2.75) is 32.4 Å². The van der Waals surface area contributed by atoms with Crippen LogP contribution in [0.15, 0.2) is 53.8 Å². The summed E-state index contributed by atoms with van der Waals surface area (Å²) in [6, 6.07) is 11.1. The Labute approximate surface area is 143 Å². The highest BCUT2D eigenvalue weighted by Crippen LogP contribution is 2.35. The topological polar surface area (TPSA) is 38.9 Å². The first kappa shape index (κ1) is 15.7. The minimum absolute atomic E-state index is 0.213. The van der Waals surface area contributed by atoms with Crippen LogP contribution >= 0.6 is 0 Å². The molecule has 6 heteroatoms. The first-order chi connectivity index (χ1) is 11.9. The molecule has 1 aliphatic rings. The van der Waals surface area contributed by atoms with Crippen LogP contribution in [0.25, 0.3) is 5.52 Å². The fraction of sp³-hybridized carbons (Fsp3) is 0.263. The lowest BCUT2D eigenvalue weighted by Crippen LogP contribution is -2.30. The fourth-order valence-electron chi connectivity index (χ4n) is 3.29. The molecule has 0 bridgehead atoms. The summed E-state index contributed by atoms with van der Waals surface area (Å²) in [5.74, 6) is 0.213. The summed E-state index contributed by atoms with van der Waals surface area (Å²) in [5, 5.41) is 4.39. The molecule has 0 amide bonds. The molecule has 3 aromatic rings. The summed E-state index contributed by atoms with van der Waals surface area (Å²) in [6.45, 7) is 1.12. The van der Waals surface area contributed by atoms with Gasteiger partial charge in [-0.15, -0.1) is 0 Å². The third-order valence-electron chi connectivity index (χ3n) is 4.28. The smallest absolute Gasteiger partial charge is 0.387 e. The van der Waals surface area contributed by atoms with Crippen molar-refractivity contribution in [1.82, 2.24) is 9.61 Å². The van der Waals surface area contributed by atoms with Crippen molar-refractivity contribution in [2.75, 3.05) is 0 Å². The van der Waals surface area contributed by atoms with E-state index in [4.69, 9.17) is 9.73 Å². The Morgan fingerprint density at radius 3 is 2.84 bits per heavy atom. The summed E-state index contributed by atoms with van der Waals surface area (Å²) < 4.78 is 32.1. The third-order valence-corrected chi connectivity index (χ3v) is 4.28. The highest BCUT2D eigenvalue weighted by atomic mass is 19.3. The molecule has 0 N–H and O–H groups in total. The molecule has 4 nitrogen and oxygen atoms in total. The van der Waals surface area contributed by atoms with Crippen molar-refractivity contribution in [3.8, 4) is 5.75 Å². The van der Waals surface area contributed by atoms with E-state index >= 15 is 0 Å². The third kappa shape index (κ3) is 2.88. The van der Waals surface area contributed by atoms with Gasteiger partial charge in [0.25, 0.3) is 0 Å². The van der Waals surface area contributed by atoms with E-state index in [2.05, 4.69) is 5.10 Å². The van der Waals surface area contributed by atoms with Gasteiger partial charge in [0.2, 0.25) is 0 Å². The Morgan fingerprint density at radius 2 is 2.04 bits per heavy atom. The van der Waals surface area contributed by atoms with Gasteiger partial charge in [-0.1, -0.05) is 12.1 Å². The van der Waals surface area contributed by atoms with Gasteiger partial charge < -0.3 is 4.74 Å². The predicted molar refractivity (Wildman–Crippen MR) is 91.7 cm³/mol. The van der Waals surface area contributed by atoms with Crippen molar-refractivity contribution < 1.29 is 13.5 Å². The number of alkyl halides is 2. The van der Waals surface area contributed by atoms with Gasteiger partial charge in [-0.3, -0.25) is 4.99 Å². The highest BCUT2D eigenvalue weighted by Gasteiger charge is 2.30. The van der Waals surface area contributed by atoms with E-state index in [0.717, 1.165) is 27.9 Å². The number of rotatable bonds is 3. The monoisotopic (exact) mass is 341 g/mol. The zero-order chi connectivity index (χ0) is 17.6. The van der Waals surface area contributed by atoms with E-state index in [1.54, 1.807) is 22.8 Å². The quantitative estimate of drug-likeness (QED) is 0.719. The van der Waals surface area contributed by atoms with Crippen LogP contribution in [0.3, 0.4) is 0 Å². The van der Waals surface area contributed by atoms with Crippen molar-refractivity contribution in [3.63, 3.8) is 0 Å². The van der Waals surface area contributed by atoms with Crippen LogP contribution in [0.2, 0.25) is 0 Å². The Morgan fingerprint density at radius 1 is 1.20 bits per heavy atom. The van der Waals surface area contributed by atoms with E-state index in [9.17, 15) is 8.78 Å². The molecule has 128 valence electrons. The van der Waals surface area contributed by atoms with Gasteiger partial charge >= 0.3 is 6.61 Å². The van der Waals surface area contributed by atoms with Crippen molar-refractivity contribution in [2.24, 2.45) is 4.99 Å². The minimum atomic E-state index is -2.85. The zero-order valence-electron chi connectivity index (χ0n) is 13.9. The van der Waals surface area contributed by atoms with Crippen molar-refractivity contribution in [3.05, 3.63) is 65.5 Å². The molecule has 0 radical (unpaired) electrons. The van der Waals surface area contributed by atoms with Crippen LogP contribution in [-0.2, 0) is 6.42 Å². The molecule has 4 rings (SSSR count). The van der Waals surface area contributed by atoms with Crippen molar-refractivity contribution >= 4 is 11.2 Å². The summed E-state index contributed by atoms with van der Waals surface area (Å²) in [6.07, 6.45) is 4.15. The van der Waals surface area contributed by atoms with Gasteiger partial charge in [0.15, 0.2) is 0 Å². The number of nitrogens with zero attached hydrogens (tertiary/aromatic N) is 3. The molecule has 2 aromatic heterocycles. The molecule has 0 unspecified atom stereocenters. The van der Waals surface area contributed by atoms with Crippen LogP contribution in [-0.4, -0.2) is 27.5 Å². The van der Waals surface area contributed by atoms with Gasteiger partial charge in [0.1, 0.15) is 5.75 Å². The van der Waals surface area contributed by atoms with Gasteiger partial charge in [0, 0.05) is 29.3 Å². The molecular weight excluding hydrogens is 324 g/mol. The van der Waals surface area contributed by atoms with E-state index in [1.807, 2.05) is 44.3 Å². The van der Waals surface area contributed by atoms with E-state index in [-0.39, 0.29) is 5.75 Å². The average molecular weight is 341 g/mol. The summed E-state index contributed by atoms with van der Waals surface area (Å²) in [5.41, 5.74) is 3.71. The molecule has 0 atom stereocenters. The van der Waals surface area contributed by atoms with Crippen LogP contribution in [0.4, 0.5) is 8.78 Å². The minimum Gasteiger partial charge on any atom is -0.435 e. The molecule has 0 spiro atoms. The lowest BCUT2D eigenvalue weighted by atomic mass is 9.84. The highest BCUT2D eigenvalue weighted by molar-refractivity contribution is 6.15. The molecule has 3 heterocycles. The number of halogens is 2. The summed E-state index contributed by atoms with van der Waals surface area (Å²) in [4.78, 5) is 4.86. The lowest BCUT2D eigenvalue weighted by molar-refractivity contribution is -0.0505. The number of ether oxygens (including phenoxy) is 1. The van der Waals surface area contributed by atoms with Gasteiger partial charge in [-0.05, 0) is 38.1 Å². The first-order valence-corrected chi connectivity index (χ1v) is 8.04. The standard InChI is InChI=1S/C19H17F2N3O/c1-19(2)10-15-14(6-3-7-16(15)25-18(20)21)17(23-19)12-9-13-5-4-8-24(13)22-11-12/h3-9,11,18H,10H2,1-2H3. The number of benzene rings is 1. The molecule has 0 aliphatic carbocycles. The van der Waals surface area contributed by atoms with Gasteiger partial charge in [-0.2, -0.15) is 13.9 Å². The molecule has 25 heavy (non-hydrogen) atoms. The maximum atomic E-state index is 12.8. The van der Waals surface area contributed by atoms with E-state index in [0.29, 0.717) is 6.42 Å². The second-order valence-corrected chi connectivity index (χ2v) is 6.73. The normalized spacial score (nSPS) is 16.0. The predicted octanol–water partition coefficient (Wildman–Crippen LogP) is 4.11. The maximum absolute atomic E-state index is 12.8. The number of hydrogen-bond acceptors (Lipinski definition) is 3. The molecule has 0 fully saturated rings. The SMILES string of the molecule is CC1(C)Cc2c(OC(F)F)cccc2C(c2cnn3cccc3c2)=N1. The number of fused-ring (bicyclic) bond motifs is 2. The van der Waals surface area contributed by atoms with Crippen LogP contribution < -0.4 is 4.74 Å². The largest absolute Gasteiger partial charge is 0.435 e. The summed E-state index contributed by atoms with van der Waals surface area (Å²) >= 11 is 0. The van der Waals surface area contributed by atoms with Gasteiger partial charge in [-0.25, -0.2) is 4.52 Å².